The number of aliphatic hydroxyl groups is 3. The number of carbonyl (C=O) groups is 3. The number of hydrogen-bond donors (Lipinski definition) is 3. The minimum atomic E-state index is -1.44. The molecule has 0 heterocycles. The van der Waals surface area contributed by atoms with Crippen LogP contribution in [0.5, 0.6) is 0 Å². The van der Waals surface area contributed by atoms with E-state index in [-0.39, 0.29) is 55.8 Å². The topological polar surface area (TPSA) is 181 Å². The van der Waals surface area contributed by atoms with Gasteiger partial charge in [-0.2, -0.15) is 0 Å². The van der Waals surface area contributed by atoms with Crippen molar-refractivity contribution < 1.29 is 74.6 Å². The van der Waals surface area contributed by atoms with Gasteiger partial charge in [-0.05, 0) is 0 Å². The van der Waals surface area contributed by atoms with Crippen LogP contribution in [0.15, 0.2) is 0 Å². The maximum Gasteiger partial charge on any atom is 3.00 e. The summed E-state index contributed by atoms with van der Waals surface area (Å²) < 4.78 is 0. The average Bonchev–Trinajstić information content (AvgIpc) is 2.19. The summed E-state index contributed by atoms with van der Waals surface area (Å²) >= 11 is 0. The normalized spacial score (nSPS) is 6.53. The maximum atomic E-state index is 9.01. The molecule has 0 unspecified atom stereocenters. The van der Waals surface area contributed by atoms with Crippen molar-refractivity contribution in [3.05, 3.63) is 0 Å². The molecule has 0 aliphatic heterocycles. The van der Waals surface area contributed by atoms with Crippen LogP contribution in [0.3, 0.4) is 0 Å². The predicted molar refractivity (Wildman–Crippen MR) is 42.0 cm³/mol. The molecule has 92 valence electrons. The van der Waals surface area contributed by atoms with Gasteiger partial charge in [0.25, 0.3) is 0 Å². The van der Waals surface area contributed by atoms with Gasteiger partial charge in [-0.1, -0.05) is 0 Å². The first-order chi connectivity index (χ1) is 6.81. The van der Waals surface area contributed by atoms with Gasteiger partial charge in [-0.3, -0.25) is 0 Å². The van der Waals surface area contributed by atoms with Gasteiger partial charge in [0.1, 0.15) is 0 Å². The van der Waals surface area contributed by atoms with Gasteiger partial charge in [-0.25, -0.2) is 0 Å². The van der Waals surface area contributed by atoms with Crippen LogP contribution in [0.1, 0.15) is 0 Å². The molecule has 0 spiro atoms. The minimum Gasteiger partial charge on any atom is -0.548 e. The second kappa shape index (κ2) is 25.1. The van der Waals surface area contributed by atoms with Gasteiger partial charge in [-0.15, -0.1) is 0 Å². The third-order valence-electron chi connectivity index (χ3n) is 0.387. The summed E-state index contributed by atoms with van der Waals surface area (Å²) in [5, 5.41) is 49.5. The molecule has 0 atom stereocenters. The van der Waals surface area contributed by atoms with Crippen molar-refractivity contribution in [3.8, 4) is 0 Å². The van der Waals surface area contributed by atoms with Gasteiger partial charge >= 0.3 is 55.8 Å². The maximum absolute atomic E-state index is 9.01. The molecule has 0 aromatic rings. The molecule has 0 saturated carbocycles. The van der Waals surface area contributed by atoms with Crippen molar-refractivity contribution in [3.63, 3.8) is 0 Å². The fourth-order valence-electron chi connectivity index (χ4n) is 0. The summed E-state index contributed by atoms with van der Waals surface area (Å²) in [5.74, 6) is -4.32. The average molecular weight is 457 g/mol. The van der Waals surface area contributed by atoms with Crippen LogP contribution in [-0.4, -0.2) is 79.3 Å². The Hall–Kier alpha value is 0.173. The third-order valence-corrected chi connectivity index (χ3v) is 0.387. The molecule has 9 nitrogen and oxygen atoms in total. The Labute approximate surface area is 137 Å². The Kier molecular flexibility index (Phi) is 44.8. The van der Waals surface area contributed by atoms with Gasteiger partial charge in [0.15, 0.2) is 0 Å². The van der Waals surface area contributed by atoms with Gasteiger partial charge in [0, 0.05) is 0 Å². The van der Waals surface area contributed by atoms with Crippen molar-refractivity contribution in [1.82, 2.24) is 0 Å². The monoisotopic (exact) mass is 457 g/mol. The number of carboxylic acid groups (broad SMARTS) is 3. The predicted octanol–water partition coefficient (Wildman–Crippen LogP) is -10.2. The molecule has 2 radical (unpaired) electrons. The largest absolute Gasteiger partial charge is 3.00 e. The molecular weight excluding hydrogens is 448 g/mol. The Balaban J connectivity index is -0.0000000400. The minimum absolute atomic E-state index is 0. The number of aliphatic hydroxyl groups excluding tert-OH is 3. The second-order valence-corrected chi connectivity index (χ2v) is 1.59. The molecule has 0 aliphatic rings. The molecule has 0 aromatic carbocycles. The van der Waals surface area contributed by atoms with E-state index in [0.29, 0.717) is 0 Å². The van der Waals surface area contributed by atoms with Crippen LogP contribution in [0.2, 0.25) is 0 Å². The molecule has 0 saturated heterocycles. The molecule has 0 rings (SSSR count). The number of aliphatic carboxylic acids is 3. The van der Waals surface area contributed by atoms with Gasteiger partial charge in [0.2, 0.25) is 0 Å². The van der Waals surface area contributed by atoms with E-state index in [1.807, 2.05) is 0 Å². The zero-order valence-corrected chi connectivity index (χ0v) is 14.3. The van der Waals surface area contributed by atoms with Crippen molar-refractivity contribution >= 4 is 44.1 Å². The smallest absolute Gasteiger partial charge is 0.548 e. The molecule has 0 fully saturated rings. The SMILES string of the molecule is O=C([O-])CO.O=C([O-])CO.O=C([O-])CO.[Bi+3].[Na+]. The van der Waals surface area contributed by atoms with Crippen molar-refractivity contribution in [2.75, 3.05) is 19.8 Å². The number of carboxylic acids is 3. The summed E-state index contributed by atoms with van der Waals surface area (Å²) in [6.07, 6.45) is 0. The molecule has 11 heteroatoms. The van der Waals surface area contributed by atoms with Crippen LogP contribution in [0, 0.1) is 0 Å². The van der Waals surface area contributed by atoms with Gasteiger partial charge in [0.05, 0.1) is 37.7 Å². The molecule has 3 N–H and O–H groups in total. The standard InChI is InChI=1S/3C2H4O3.Bi.Na/c3*3-1-2(4)5;;/h3*3H,1H2,(H,4,5);;/q;;;+3;+1/p-3. The third kappa shape index (κ3) is 85.3. The van der Waals surface area contributed by atoms with Crippen LogP contribution in [-0.2, 0) is 14.4 Å². The van der Waals surface area contributed by atoms with Crippen LogP contribution >= 0.6 is 0 Å². The second-order valence-electron chi connectivity index (χ2n) is 1.59. The molecule has 0 aromatic heterocycles. The van der Waals surface area contributed by atoms with E-state index in [0.717, 1.165) is 0 Å². The summed E-state index contributed by atoms with van der Waals surface area (Å²) in [7, 11) is 0. The first kappa shape index (κ1) is 30.3. The number of rotatable bonds is 3. The van der Waals surface area contributed by atoms with E-state index >= 15 is 0 Å². The van der Waals surface area contributed by atoms with Crippen molar-refractivity contribution in [1.29, 1.82) is 0 Å². The molecule has 0 bridgehead atoms. The number of hydrogen-bond acceptors (Lipinski definition) is 9. The molecule has 0 amide bonds. The van der Waals surface area contributed by atoms with E-state index in [4.69, 9.17) is 45.0 Å². The van der Waals surface area contributed by atoms with Crippen LogP contribution < -0.4 is 44.9 Å². The Morgan fingerprint density at radius 1 is 0.706 bits per heavy atom. The van der Waals surface area contributed by atoms with Crippen molar-refractivity contribution in [2.24, 2.45) is 0 Å². The quantitative estimate of drug-likeness (QED) is 0.347. The van der Waals surface area contributed by atoms with E-state index in [1.54, 1.807) is 0 Å². The zero-order valence-electron chi connectivity index (χ0n) is 8.86. The van der Waals surface area contributed by atoms with E-state index in [9.17, 15) is 0 Å². The zero-order chi connectivity index (χ0) is 12.9. The summed E-state index contributed by atoms with van der Waals surface area (Å²) in [5.41, 5.74) is 0. The first-order valence-corrected chi connectivity index (χ1v) is 3.23. The molecular formula is C6H9BiNaO9+. The Morgan fingerprint density at radius 2 is 0.765 bits per heavy atom. The first-order valence-electron chi connectivity index (χ1n) is 3.23. The Bertz CT molecular complexity index is 165. The summed E-state index contributed by atoms with van der Waals surface area (Å²) in [4.78, 5) is 27.0. The molecule has 0 aliphatic carbocycles. The van der Waals surface area contributed by atoms with Crippen LogP contribution in [0.25, 0.3) is 0 Å². The summed E-state index contributed by atoms with van der Waals surface area (Å²) in [6.45, 7) is -2.67. The van der Waals surface area contributed by atoms with E-state index in [2.05, 4.69) is 0 Å². The van der Waals surface area contributed by atoms with E-state index < -0.39 is 37.7 Å². The Morgan fingerprint density at radius 3 is 0.765 bits per heavy atom. The van der Waals surface area contributed by atoms with Crippen molar-refractivity contribution in [2.45, 2.75) is 0 Å². The summed E-state index contributed by atoms with van der Waals surface area (Å²) in [6, 6.07) is 0. The van der Waals surface area contributed by atoms with Crippen LogP contribution in [0.4, 0.5) is 0 Å². The molecule has 17 heavy (non-hydrogen) atoms. The van der Waals surface area contributed by atoms with E-state index in [1.165, 1.54) is 0 Å². The van der Waals surface area contributed by atoms with Gasteiger partial charge < -0.3 is 45.0 Å². The fourth-order valence-corrected chi connectivity index (χ4v) is 0. The fraction of sp³-hybridized carbons (Fsp3) is 0.500. The number of carbonyl (C=O) groups excluding carboxylic acids is 3.